The van der Waals surface area contributed by atoms with Gasteiger partial charge in [0.1, 0.15) is 0 Å². The van der Waals surface area contributed by atoms with E-state index >= 15 is 0 Å². The maximum absolute atomic E-state index is 11.5. The van der Waals surface area contributed by atoms with Crippen molar-refractivity contribution in [2.24, 2.45) is 4.99 Å². The van der Waals surface area contributed by atoms with Crippen LogP contribution in [0.4, 0.5) is 0 Å². The molecule has 0 aromatic carbocycles. The summed E-state index contributed by atoms with van der Waals surface area (Å²) in [6, 6.07) is 0.187. The number of amides is 1. The monoisotopic (exact) mass is 430 g/mol. The number of halogens is 1. The first-order chi connectivity index (χ1) is 9.30. The summed E-state index contributed by atoms with van der Waals surface area (Å²) in [7, 11) is 0. The zero-order valence-corrected chi connectivity index (χ0v) is 17.2. The Morgan fingerprint density at radius 3 is 2.38 bits per heavy atom. The van der Waals surface area contributed by atoms with Gasteiger partial charge in [-0.15, -0.1) is 24.0 Å². The number of rotatable bonds is 8. The van der Waals surface area contributed by atoms with Crippen molar-refractivity contribution in [2.45, 2.75) is 51.8 Å². The number of thioether (sulfide) groups is 1. The Morgan fingerprint density at radius 1 is 1.29 bits per heavy atom. The molecule has 0 bridgehead atoms. The van der Waals surface area contributed by atoms with Gasteiger partial charge < -0.3 is 16.0 Å². The van der Waals surface area contributed by atoms with Crippen LogP contribution in [-0.2, 0) is 4.79 Å². The molecule has 0 aromatic heterocycles. The first-order valence-corrected chi connectivity index (χ1v) is 8.40. The van der Waals surface area contributed by atoms with E-state index in [1.807, 2.05) is 20.8 Å². The predicted molar refractivity (Wildman–Crippen MR) is 105 cm³/mol. The summed E-state index contributed by atoms with van der Waals surface area (Å²) >= 11 is 1.80. The van der Waals surface area contributed by atoms with Crippen LogP contribution in [0.15, 0.2) is 4.99 Å². The molecule has 0 unspecified atom stereocenters. The second-order valence-electron chi connectivity index (χ2n) is 5.56. The van der Waals surface area contributed by atoms with Crippen LogP contribution in [-0.4, -0.2) is 48.5 Å². The fraction of sp³-hybridized carbons (Fsp3) is 0.857. The van der Waals surface area contributed by atoms with E-state index in [-0.39, 0.29) is 40.7 Å². The van der Waals surface area contributed by atoms with Crippen LogP contribution in [0.25, 0.3) is 0 Å². The minimum absolute atomic E-state index is 0. The maximum Gasteiger partial charge on any atom is 0.221 e. The molecule has 0 aliphatic carbocycles. The SMILES string of the molecule is CCNC(=NCC(C)(C)SC)NCCC(=O)NC(C)C.I. The molecule has 21 heavy (non-hydrogen) atoms. The summed E-state index contributed by atoms with van der Waals surface area (Å²) < 4.78 is 0.122. The number of carbonyl (C=O) groups is 1. The van der Waals surface area contributed by atoms with Gasteiger partial charge in [0.2, 0.25) is 5.91 Å². The standard InChI is InChI=1S/C14H30N4OS.HI/c1-7-15-13(17-10-14(4,5)20-6)16-9-8-12(19)18-11(2)3;/h11H,7-10H2,1-6H3,(H,18,19)(H2,15,16,17);1H. The molecule has 7 heteroatoms. The maximum atomic E-state index is 11.5. The van der Waals surface area contributed by atoms with Crippen LogP contribution in [0.2, 0.25) is 0 Å². The van der Waals surface area contributed by atoms with Crippen molar-refractivity contribution in [2.75, 3.05) is 25.9 Å². The number of carbonyl (C=O) groups excluding carboxylic acids is 1. The van der Waals surface area contributed by atoms with Gasteiger partial charge in [-0.2, -0.15) is 11.8 Å². The molecule has 0 aliphatic heterocycles. The molecule has 0 saturated heterocycles. The molecule has 0 atom stereocenters. The molecule has 126 valence electrons. The van der Waals surface area contributed by atoms with Crippen LogP contribution >= 0.6 is 35.7 Å². The third-order valence-electron chi connectivity index (χ3n) is 2.61. The lowest BCUT2D eigenvalue weighted by Crippen LogP contribution is -2.40. The lowest BCUT2D eigenvalue weighted by atomic mass is 10.2. The van der Waals surface area contributed by atoms with Crippen LogP contribution in [0, 0.1) is 0 Å². The van der Waals surface area contributed by atoms with Gasteiger partial charge in [-0.05, 0) is 40.9 Å². The van der Waals surface area contributed by atoms with Crippen molar-refractivity contribution in [1.29, 1.82) is 0 Å². The predicted octanol–water partition coefficient (Wildman–Crippen LogP) is 2.22. The lowest BCUT2D eigenvalue weighted by Gasteiger charge is -2.20. The largest absolute Gasteiger partial charge is 0.357 e. The molecule has 1 amide bonds. The zero-order valence-electron chi connectivity index (χ0n) is 14.1. The van der Waals surface area contributed by atoms with Gasteiger partial charge in [-0.1, -0.05) is 0 Å². The third kappa shape index (κ3) is 13.2. The smallest absolute Gasteiger partial charge is 0.221 e. The fourth-order valence-corrected chi connectivity index (χ4v) is 1.56. The Hall–Kier alpha value is -0.180. The molecule has 5 nitrogen and oxygen atoms in total. The third-order valence-corrected chi connectivity index (χ3v) is 3.84. The van der Waals surface area contributed by atoms with Crippen LogP contribution in [0.1, 0.15) is 41.0 Å². The molecular weight excluding hydrogens is 399 g/mol. The van der Waals surface area contributed by atoms with Crippen molar-refractivity contribution < 1.29 is 4.79 Å². The van der Waals surface area contributed by atoms with Crippen molar-refractivity contribution >= 4 is 47.6 Å². The molecule has 0 radical (unpaired) electrons. The molecular formula is C14H31IN4OS. The fourth-order valence-electron chi connectivity index (χ4n) is 1.36. The average Bonchev–Trinajstić information content (AvgIpc) is 2.35. The Labute approximate surface area is 150 Å². The van der Waals surface area contributed by atoms with Crippen molar-refractivity contribution in [3.05, 3.63) is 0 Å². The summed E-state index contributed by atoms with van der Waals surface area (Å²) in [4.78, 5) is 16.1. The molecule has 0 aromatic rings. The van der Waals surface area contributed by atoms with E-state index < -0.39 is 0 Å². The molecule has 0 saturated carbocycles. The van der Waals surface area contributed by atoms with Gasteiger partial charge in [-0.25, -0.2) is 0 Å². The summed E-state index contributed by atoms with van der Waals surface area (Å²) in [6.45, 7) is 12.4. The molecule has 3 N–H and O–H groups in total. The Kier molecular flexibility index (Phi) is 13.6. The van der Waals surface area contributed by atoms with E-state index in [0.717, 1.165) is 19.0 Å². The molecule has 0 heterocycles. The number of guanidine groups is 1. The number of hydrogen-bond acceptors (Lipinski definition) is 3. The minimum Gasteiger partial charge on any atom is -0.357 e. The average molecular weight is 430 g/mol. The van der Waals surface area contributed by atoms with E-state index in [4.69, 9.17) is 0 Å². The van der Waals surface area contributed by atoms with Gasteiger partial charge in [0.25, 0.3) is 0 Å². The highest BCUT2D eigenvalue weighted by Gasteiger charge is 2.15. The summed E-state index contributed by atoms with van der Waals surface area (Å²) in [5.74, 6) is 0.833. The normalized spacial score (nSPS) is 11.9. The Balaban J connectivity index is 0. The van der Waals surface area contributed by atoms with E-state index in [1.165, 1.54) is 0 Å². The van der Waals surface area contributed by atoms with Gasteiger partial charge in [0, 0.05) is 30.3 Å². The first-order valence-electron chi connectivity index (χ1n) is 7.17. The number of nitrogens with one attached hydrogen (secondary N) is 3. The summed E-state index contributed by atoms with van der Waals surface area (Å²) in [6.07, 6.45) is 2.54. The van der Waals surface area contributed by atoms with Gasteiger partial charge in [-0.3, -0.25) is 9.79 Å². The number of aliphatic imine (C=N–C) groups is 1. The van der Waals surface area contributed by atoms with Crippen LogP contribution in [0.5, 0.6) is 0 Å². The quantitative estimate of drug-likeness (QED) is 0.314. The molecule has 0 fully saturated rings. The van der Waals surface area contributed by atoms with E-state index in [1.54, 1.807) is 11.8 Å². The topological polar surface area (TPSA) is 65.5 Å². The molecule has 0 rings (SSSR count). The Morgan fingerprint density at radius 2 is 1.90 bits per heavy atom. The number of nitrogens with zero attached hydrogens (tertiary/aromatic N) is 1. The van der Waals surface area contributed by atoms with E-state index in [0.29, 0.717) is 13.0 Å². The highest BCUT2D eigenvalue weighted by atomic mass is 127. The highest BCUT2D eigenvalue weighted by molar-refractivity contribution is 14.0. The summed E-state index contributed by atoms with van der Waals surface area (Å²) in [5, 5.41) is 9.25. The number of hydrogen-bond donors (Lipinski definition) is 3. The molecule has 0 aliphatic rings. The van der Waals surface area contributed by atoms with E-state index in [9.17, 15) is 4.79 Å². The van der Waals surface area contributed by atoms with Gasteiger partial charge in [0.15, 0.2) is 5.96 Å². The van der Waals surface area contributed by atoms with Crippen LogP contribution < -0.4 is 16.0 Å². The second kappa shape index (κ2) is 12.4. The lowest BCUT2D eigenvalue weighted by molar-refractivity contribution is -0.121. The van der Waals surface area contributed by atoms with Crippen molar-refractivity contribution in [1.82, 2.24) is 16.0 Å². The molecule has 0 spiro atoms. The first kappa shape index (κ1) is 23.1. The van der Waals surface area contributed by atoms with Gasteiger partial charge in [0.05, 0.1) is 6.54 Å². The van der Waals surface area contributed by atoms with Crippen molar-refractivity contribution in [3.8, 4) is 0 Å². The van der Waals surface area contributed by atoms with E-state index in [2.05, 4.69) is 41.0 Å². The highest BCUT2D eigenvalue weighted by Crippen LogP contribution is 2.20. The minimum atomic E-state index is 0. The van der Waals surface area contributed by atoms with Crippen LogP contribution in [0.3, 0.4) is 0 Å². The summed E-state index contributed by atoms with van der Waals surface area (Å²) in [5.41, 5.74) is 0. The zero-order chi connectivity index (χ0) is 15.6. The second-order valence-corrected chi connectivity index (χ2v) is 7.07. The van der Waals surface area contributed by atoms with Crippen molar-refractivity contribution in [3.63, 3.8) is 0 Å². The Bertz CT molecular complexity index is 322. The van der Waals surface area contributed by atoms with Gasteiger partial charge >= 0.3 is 0 Å².